The fraction of sp³-hybridized carbons (Fsp3) is 0.385. The zero-order valence-electron chi connectivity index (χ0n) is 9.73. The molecule has 0 spiro atoms. The quantitative estimate of drug-likeness (QED) is 0.792. The van der Waals surface area contributed by atoms with Crippen LogP contribution in [0.1, 0.15) is 29.1 Å². The molecule has 3 nitrogen and oxygen atoms in total. The molecule has 1 radical (unpaired) electrons. The normalized spacial score (nSPS) is 20.2. The number of carbonyl (C=O) groups excluding carboxylic acids is 1. The molecule has 0 bridgehead atoms. The van der Waals surface area contributed by atoms with Gasteiger partial charge in [-0.15, -0.1) is 11.3 Å². The third kappa shape index (κ3) is 2.16. The Kier molecular flexibility index (Phi) is 3.33. The van der Waals surface area contributed by atoms with Crippen molar-refractivity contribution in [2.24, 2.45) is 0 Å². The number of para-hydroxylation sites is 1. The lowest BCUT2D eigenvalue weighted by atomic mass is 10.0. The van der Waals surface area contributed by atoms with Gasteiger partial charge >= 0.3 is 0 Å². The maximum atomic E-state index is 12.3. The molecule has 0 amide bonds. The van der Waals surface area contributed by atoms with Gasteiger partial charge in [-0.05, 0) is 25.0 Å². The molecule has 1 fully saturated rings. The van der Waals surface area contributed by atoms with Crippen molar-refractivity contribution in [1.29, 1.82) is 0 Å². The predicted octanol–water partition coefficient (Wildman–Crippen LogP) is 3.29. The first kappa shape index (κ1) is 12.1. The number of aromatic nitrogens is 1. The summed E-state index contributed by atoms with van der Waals surface area (Å²) in [6.07, 6.45) is 3.02. The maximum absolute atomic E-state index is 12.3. The number of thiazole rings is 1. The molecule has 1 aromatic carbocycles. The molecular weight excluding hydrogens is 268 g/mol. The molecule has 1 aliphatic rings. The number of rotatable bonds is 2. The largest absolute Gasteiger partial charge is 0.290 e. The predicted molar refractivity (Wildman–Crippen MR) is 73.6 cm³/mol. The van der Waals surface area contributed by atoms with Crippen molar-refractivity contribution in [1.82, 2.24) is 10.3 Å². The Morgan fingerprint density at radius 3 is 3.00 bits per heavy atom. The second-order valence-electron chi connectivity index (χ2n) is 4.39. The standard InChI is InChI=1S/C13H12ClN2OS/c14-8-4-3-6-10-11(8)16-13(18-10)12(17)9-5-1-2-7-15-9/h3-4,6,9H,1-2,5,7H2. The highest BCUT2D eigenvalue weighted by molar-refractivity contribution is 7.20. The lowest BCUT2D eigenvalue weighted by Gasteiger charge is -2.18. The van der Waals surface area contributed by atoms with E-state index in [1.165, 1.54) is 11.3 Å². The number of carbonyl (C=O) groups is 1. The average Bonchev–Trinajstić information content (AvgIpc) is 2.84. The van der Waals surface area contributed by atoms with Crippen LogP contribution in [0.15, 0.2) is 18.2 Å². The summed E-state index contributed by atoms with van der Waals surface area (Å²) in [7, 11) is 0. The number of hydrogen-bond acceptors (Lipinski definition) is 3. The van der Waals surface area contributed by atoms with Crippen LogP contribution < -0.4 is 5.32 Å². The third-order valence-corrected chi connectivity index (χ3v) is 4.46. The van der Waals surface area contributed by atoms with Crippen LogP contribution in [0.3, 0.4) is 0 Å². The Bertz CT molecular complexity index is 590. The van der Waals surface area contributed by atoms with Gasteiger partial charge in [-0.2, -0.15) is 0 Å². The second-order valence-corrected chi connectivity index (χ2v) is 5.83. The van der Waals surface area contributed by atoms with Crippen LogP contribution in [0, 0.1) is 0 Å². The number of fused-ring (bicyclic) bond motifs is 1. The van der Waals surface area contributed by atoms with Crippen molar-refractivity contribution in [2.45, 2.75) is 25.3 Å². The van der Waals surface area contributed by atoms with Crippen molar-refractivity contribution < 1.29 is 4.79 Å². The highest BCUT2D eigenvalue weighted by Gasteiger charge is 2.25. The molecule has 0 saturated carbocycles. The first-order valence-corrected chi connectivity index (χ1v) is 7.21. The Balaban J connectivity index is 1.94. The van der Waals surface area contributed by atoms with E-state index in [2.05, 4.69) is 10.3 Å². The van der Waals surface area contributed by atoms with Crippen molar-refractivity contribution in [2.75, 3.05) is 6.54 Å². The summed E-state index contributed by atoms with van der Waals surface area (Å²) in [5.41, 5.74) is 0.725. The molecule has 0 N–H and O–H groups in total. The second kappa shape index (κ2) is 4.96. The molecule has 3 rings (SSSR count). The highest BCUT2D eigenvalue weighted by Crippen LogP contribution is 2.29. The van der Waals surface area contributed by atoms with Crippen LogP contribution in [0.25, 0.3) is 10.2 Å². The van der Waals surface area contributed by atoms with Crippen LogP contribution in [0.4, 0.5) is 0 Å². The van der Waals surface area contributed by atoms with Gasteiger partial charge in [-0.25, -0.2) is 10.3 Å². The molecule has 1 aromatic heterocycles. The van der Waals surface area contributed by atoms with Gasteiger partial charge in [0.1, 0.15) is 5.52 Å². The maximum Gasteiger partial charge on any atom is 0.209 e. The van der Waals surface area contributed by atoms with Gasteiger partial charge < -0.3 is 0 Å². The minimum Gasteiger partial charge on any atom is -0.290 e. The molecule has 0 aliphatic carbocycles. The number of piperidine rings is 1. The van der Waals surface area contributed by atoms with E-state index in [-0.39, 0.29) is 11.8 Å². The number of ketones is 1. The first-order valence-electron chi connectivity index (χ1n) is 6.01. The van der Waals surface area contributed by atoms with E-state index >= 15 is 0 Å². The molecule has 2 aromatic rings. The summed E-state index contributed by atoms with van der Waals surface area (Å²) in [6.45, 7) is 0.794. The number of Topliss-reactive ketones (excluding diaryl/α,β-unsaturated/α-hetero) is 1. The molecule has 93 valence electrons. The zero-order valence-corrected chi connectivity index (χ0v) is 11.3. The summed E-state index contributed by atoms with van der Waals surface area (Å²) < 4.78 is 0.960. The topological polar surface area (TPSA) is 44.1 Å². The van der Waals surface area contributed by atoms with Gasteiger partial charge in [0.25, 0.3) is 0 Å². The number of hydrogen-bond donors (Lipinski definition) is 0. The molecule has 5 heteroatoms. The lowest BCUT2D eigenvalue weighted by molar-refractivity contribution is 0.0924. The van der Waals surface area contributed by atoms with Crippen molar-refractivity contribution in [3.63, 3.8) is 0 Å². The Labute approximate surface area is 114 Å². The smallest absolute Gasteiger partial charge is 0.209 e. The zero-order chi connectivity index (χ0) is 12.5. The lowest BCUT2D eigenvalue weighted by Crippen LogP contribution is -2.35. The first-order chi connectivity index (χ1) is 8.75. The van der Waals surface area contributed by atoms with Crippen LogP contribution >= 0.6 is 22.9 Å². The molecule has 18 heavy (non-hydrogen) atoms. The Morgan fingerprint density at radius 1 is 1.39 bits per heavy atom. The fourth-order valence-corrected chi connectivity index (χ4v) is 3.42. The van der Waals surface area contributed by atoms with Crippen LogP contribution in [0.5, 0.6) is 0 Å². The van der Waals surface area contributed by atoms with E-state index in [0.29, 0.717) is 10.0 Å². The number of nitrogens with zero attached hydrogens (tertiary/aromatic N) is 2. The van der Waals surface area contributed by atoms with E-state index < -0.39 is 0 Å². The van der Waals surface area contributed by atoms with E-state index in [1.807, 2.05) is 12.1 Å². The molecule has 2 heterocycles. The van der Waals surface area contributed by atoms with Crippen LogP contribution in [-0.2, 0) is 0 Å². The summed E-state index contributed by atoms with van der Waals surface area (Å²) >= 11 is 7.48. The Hall–Kier alpha value is -0.970. The van der Waals surface area contributed by atoms with E-state index in [9.17, 15) is 4.79 Å². The number of halogens is 1. The molecule has 1 aliphatic heterocycles. The van der Waals surface area contributed by atoms with Crippen molar-refractivity contribution >= 4 is 38.9 Å². The summed E-state index contributed by atoms with van der Waals surface area (Å²) in [5.74, 6) is 0.0481. The summed E-state index contributed by atoms with van der Waals surface area (Å²) in [4.78, 5) is 16.7. The number of benzene rings is 1. The third-order valence-electron chi connectivity index (χ3n) is 3.12. The average molecular weight is 280 g/mol. The van der Waals surface area contributed by atoms with Gasteiger partial charge in [-0.1, -0.05) is 24.1 Å². The summed E-state index contributed by atoms with van der Waals surface area (Å²) in [5, 5.41) is 5.52. The van der Waals surface area contributed by atoms with Crippen LogP contribution in [-0.4, -0.2) is 23.4 Å². The minimum absolute atomic E-state index is 0.0481. The molecule has 1 saturated heterocycles. The molecular formula is C13H12ClN2OS. The van der Waals surface area contributed by atoms with E-state index in [0.717, 1.165) is 36.0 Å². The van der Waals surface area contributed by atoms with E-state index in [1.54, 1.807) is 6.07 Å². The monoisotopic (exact) mass is 279 g/mol. The summed E-state index contributed by atoms with van der Waals surface area (Å²) in [6, 6.07) is 5.41. The van der Waals surface area contributed by atoms with Gasteiger partial charge in [0.05, 0.1) is 15.8 Å². The van der Waals surface area contributed by atoms with Gasteiger partial charge in [0.15, 0.2) is 5.01 Å². The molecule has 1 unspecified atom stereocenters. The van der Waals surface area contributed by atoms with Gasteiger partial charge in [0.2, 0.25) is 5.78 Å². The van der Waals surface area contributed by atoms with Crippen LogP contribution in [0.2, 0.25) is 5.02 Å². The van der Waals surface area contributed by atoms with Gasteiger partial charge in [0, 0.05) is 6.54 Å². The van der Waals surface area contributed by atoms with Crippen molar-refractivity contribution in [3.8, 4) is 0 Å². The molecule has 1 atom stereocenters. The minimum atomic E-state index is -0.196. The SMILES string of the molecule is O=C(c1nc2c(Cl)cccc2s1)C1CCCC[N]1. The van der Waals surface area contributed by atoms with Gasteiger partial charge in [-0.3, -0.25) is 4.79 Å². The fourth-order valence-electron chi connectivity index (χ4n) is 2.16. The highest BCUT2D eigenvalue weighted by atomic mass is 35.5. The van der Waals surface area contributed by atoms with E-state index in [4.69, 9.17) is 11.6 Å². The van der Waals surface area contributed by atoms with Crippen molar-refractivity contribution in [3.05, 3.63) is 28.2 Å². The Morgan fingerprint density at radius 2 is 2.28 bits per heavy atom.